The molecule has 222 valence electrons. The van der Waals surface area contributed by atoms with Crippen molar-refractivity contribution in [3.63, 3.8) is 0 Å². The number of likely N-dealkylation sites (tertiary alicyclic amines) is 1. The van der Waals surface area contributed by atoms with E-state index in [1.807, 2.05) is 24.3 Å². The zero-order valence-corrected chi connectivity index (χ0v) is 25.0. The molecule has 3 aromatic rings. The summed E-state index contributed by atoms with van der Waals surface area (Å²) in [7, 11) is 2.10. The lowest BCUT2D eigenvalue weighted by Crippen LogP contribution is -2.55. The van der Waals surface area contributed by atoms with Gasteiger partial charge in [0, 0.05) is 47.2 Å². The number of carbonyl (C=O) groups is 2. The molecular formula is C32H34ClN7O3. The van der Waals surface area contributed by atoms with Crippen molar-refractivity contribution >= 4 is 40.0 Å². The van der Waals surface area contributed by atoms with Crippen LogP contribution in [0.2, 0.25) is 5.02 Å². The second-order valence-electron chi connectivity index (χ2n) is 11.3. The van der Waals surface area contributed by atoms with Crippen molar-refractivity contribution in [3.8, 4) is 12.1 Å². The Balaban J connectivity index is 1.32. The summed E-state index contributed by atoms with van der Waals surface area (Å²) >= 11 is 6.56. The average Bonchev–Trinajstić information content (AvgIpc) is 3.64. The number of amides is 2. The van der Waals surface area contributed by atoms with Gasteiger partial charge in [-0.25, -0.2) is 0 Å². The second-order valence-corrected chi connectivity index (χ2v) is 11.8. The van der Waals surface area contributed by atoms with Crippen LogP contribution >= 0.6 is 11.6 Å². The molecule has 10 nitrogen and oxygen atoms in total. The monoisotopic (exact) mass is 599 g/mol. The lowest BCUT2D eigenvalue weighted by atomic mass is 10.0. The number of fused-ring (bicyclic) bond motifs is 2. The molecule has 4 heterocycles. The number of rotatable bonds is 7. The summed E-state index contributed by atoms with van der Waals surface area (Å²) in [6.45, 7) is 7.14. The van der Waals surface area contributed by atoms with Gasteiger partial charge >= 0.3 is 6.01 Å². The number of piperazine rings is 1. The van der Waals surface area contributed by atoms with Crippen molar-refractivity contribution in [2.75, 3.05) is 44.7 Å². The van der Waals surface area contributed by atoms with Crippen LogP contribution in [0.4, 0.5) is 5.82 Å². The van der Waals surface area contributed by atoms with Crippen molar-refractivity contribution in [3.05, 3.63) is 70.9 Å². The highest BCUT2D eigenvalue weighted by molar-refractivity contribution is 6.36. The van der Waals surface area contributed by atoms with Crippen LogP contribution in [-0.4, -0.2) is 88.4 Å². The molecule has 0 bridgehead atoms. The first-order chi connectivity index (χ1) is 20.9. The number of benzene rings is 2. The largest absolute Gasteiger partial charge is 0.462 e. The molecular weight excluding hydrogens is 566 g/mol. The van der Waals surface area contributed by atoms with E-state index in [-0.39, 0.29) is 30.3 Å². The van der Waals surface area contributed by atoms with E-state index in [0.29, 0.717) is 61.8 Å². The number of aromatic nitrogens is 2. The first-order valence-electron chi connectivity index (χ1n) is 14.6. The topological polar surface area (TPSA) is 106 Å². The predicted molar refractivity (Wildman–Crippen MR) is 164 cm³/mol. The smallest absolute Gasteiger partial charge is 0.318 e. The maximum Gasteiger partial charge on any atom is 0.318 e. The molecule has 2 saturated heterocycles. The third kappa shape index (κ3) is 5.63. The van der Waals surface area contributed by atoms with Gasteiger partial charge < -0.3 is 24.3 Å². The molecule has 1 aromatic heterocycles. The van der Waals surface area contributed by atoms with Crippen molar-refractivity contribution in [2.24, 2.45) is 0 Å². The molecule has 3 aliphatic heterocycles. The number of hydrogen-bond donors (Lipinski definition) is 0. The van der Waals surface area contributed by atoms with Crippen LogP contribution in [0.1, 0.15) is 40.9 Å². The lowest BCUT2D eigenvalue weighted by Gasteiger charge is -2.41. The Bertz CT molecular complexity index is 1620. The molecule has 2 atom stereocenters. The lowest BCUT2D eigenvalue weighted by molar-refractivity contribution is -0.128. The number of hydrogen-bond acceptors (Lipinski definition) is 8. The highest BCUT2D eigenvalue weighted by atomic mass is 35.5. The molecule has 6 rings (SSSR count). The summed E-state index contributed by atoms with van der Waals surface area (Å²) in [6, 6.07) is 13.7. The minimum absolute atomic E-state index is 0.138. The Labute approximate surface area is 256 Å². The van der Waals surface area contributed by atoms with Gasteiger partial charge in [0.25, 0.3) is 5.91 Å². The van der Waals surface area contributed by atoms with Crippen molar-refractivity contribution in [2.45, 2.75) is 44.4 Å². The number of carbonyl (C=O) groups excluding carboxylic acids is 2. The number of anilines is 1. The molecule has 11 heteroatoms. The highest BCUT2D eigenvalue weighted by Crippen LogP contribution is 2.35. The van der Waals surface area contributed by atoms with Gasteiger partial charge in [-0.15, -0.1) is 0 Å². The fraction of sp³-hybridized carbons (Fsp3) is 0.406. The van der Waals surface area contributed by atoms with Crippen LogP contribution in [0.15, 0.2) is 49.1 Å². The van der Waals surface area contributed by atoms with Crippen LogP contribution in [0.3, 0.4) is 0 Å². The molecule has 0 saturated carbocycles. The Morgan fingerprint density at radius 2 is 1.95 bits per heavy atom. The fourth-order valence-electron chi connectivity index (χ4n) is 6.42. The minimum atomic E-state index is -0.316. The molecule has 0 radical (unpaired) electrons. The van der Waals surface area contributed by atoms with Gasteiger partial charge in [0.15, 0.2) is 0 Å². The third-order valence-corrected chi connectivity index (χ3v) is 9.07. The SMILES string of the molecule is C=CC(=O)N1CCN(c2nc(OCC3CCCN3C)nc3c2CN(C(=O)c2cccc4cccc(Cl)c24)C3)CC1CC#N. The summed E-state index contributed by atoms with van der Waals surface area (Å²) in [4.78, 5) is 44.0. The Kier molecular flexibility index (Phi) is 8.19. The van der Waals surface area contributed by atoms with Crippen LogP contribution in [0.25, 0.3) is 10.8 Å². The number of halogens is 1. The number of nitriles is 1. The quantitative estimate of drug-likeness (QED) is 0.375. The van der Waals surface area contributed by atoms with Crippen molar-refractivity contribution < 1.29 is 14.3 Å². The van der Waals surface area contributed by atoms with Crippen molar-refractivity contribution in [1.82, 2.24) is 24.7 Å². The van der Waals surface area contributed by atoms with E-state index >= 15 is 0 Å². The van der Waals surface area contributed by atoms with Crippen molar-refractivity contribution in [1.29, 1.82) is 5.26 Å². The zero-order valence-electron chi connectivity index (χ0n) is 24.2. The van der Waals surface area contributed by atoms with Gasteiger partial charge in [-0.05, 0) is 50.0 Å². The van der Waals surface area contributed by atoms with Crippen LogP contribution < -0.4 is 9.64 Å². The Morgan fingerprint density at radius 3 is 2.70 bits per heavy atom. The molecule has 2 unspecified atom stereocenters. The summed E-state index contributed by atoms with van der Waals surface area (Å²) in [5, 5.41) is 11.7. The van der Waals surface area contributed by atoms with E-state index in [1.54, 1.807) is 21.9 Å². The van der Waals surface area contributed by atoms with E-state index in [2.05, 4.69) is 29.5 Å². The van der Waals surface area contributed by atoms with E-state index in [0.717, 1.165) is 41.4 Å². The zero-order chi connectivity index (χ0) is 30.1. The molecule has 0 aliphatic carbocycles. The Morgan fingerprint density at radius 1 is 1.14 bits per heavy atom. The average molecular weight is 600 g/mol. The van der Waals surface area contributed by atoms with E-state index < -0.39 is 0 Å². The normalized spacial score (nSPS) is 20.3. The Hall–Kier alpha value is -4.20. The summed E-state index contributed by atoms with van der Waals surface area (Å²) in [6.07, 6.45) is 3.66. The van der Waals surface area contributed by atoms with Gasteiger partial charge in [0.1, 0.15) is 12.4 Å². The molecule has 2 fully saturated rings. The van der Waals surface area contributed by atoms with E-state index in [9.17, 15) is 14.9 Å². The van der Waals surface area contributed by atoms with Crippen LogP contribution in [-0.2, 0) is 17.9 Å². The molecule has 0 N–H and O–H groups in total. The molecule has 3 aliphatic rings. The molecule has 2 amide bonds. The standard InChI is InChI=1S/C32H34ClN7O3/c1-3-28(41)40-16-15-38(17-22(40)12-13-34)30-25-18-39(31(42)24-10-4-7-21-8-5-11-26(33)29(21)24)19-27(25)35-32(36-30)43-20-23-9-6-14-37(23)2/h3-5,7-8,10-11,22-23H,1,6,9,12,14-20H2,2H3. The van der Waals surface area contributed by atoms with Gasteiger partial charge in [-0.2, -0.15) is 15.2 Å². The van der Waals surface area contributed by atoms with E-state index in [1.165, 1.54) is 6.08 Å². The second kappa shape index (κ2) is 12.2. The summed E-state index contributed by atoms with van der Waals surface area (Å²) in [5.74, 6) is 0.351. The maximum absolute atomic E-state index is 14.0. The van der Waals surface area contributed by atoms with Crippen LogP contribution in [0, 0.1) is 11.3 Å². The number of nitrogens with zero attached hydrogens (tertiary/aromatic N) is 7. The fourth-order valence-corrected chi connectivity index (χ4v) is 6.71. The molecule has 2 aromatic carbocycles. The van der Waals surface area contributed by atoms with Gasteiger partial charge in [-0.1, -0.05) is 42.4 Å². The molecule has 0 spiro atoms. The highest BCUT2D eigenvalue weighted by Gasteiger charge is 2.36. The van der Waals surface area contributed by atoms with Gasteiger partial charge in [-0.3, -0.25) is 9.59 Å². The van der Waals surface area contributed by atoms with Gasteiger partial charge in [0.05, 0.1) is 37.3 Å². The maximum atomic E-state index is 14.0. The predicted octanol–water partition coefficient (Wildman–Crippen LogP) is 4.03. The number of ether oxygens (including phenoxy) is 1. The minimum Gasteiger partial charge on any atom is -0.462 e. The third-order valence-electron chi connectivity index (χ3n) is 8.75. The van der Waals surface area contributed by atoms with Crippen LogP contribution in [0.5, 0.6) is 6.01 Å². The summed E-state index contributed by atoms with van der Waals surface area (Å²) < 4.78 is 6.18. The first-order valence-corrected chi connectivity index (χ1v) is 15.0. The number of likely N-dealkylation sites (N-methyl/N-ethyl adjacent to an activating group) is 1. The van der Waals surface area contributed by atoms with Gasteiger partial charge in [0.2, 0.25) is 5.91 Å². The first kappa shape index (κ1) is 28.9. The molecule has 43 heavy (non-hydrogen) atoms. The summed E-state index contributed by atoms with van der Waals surface area (Å²) in [5.41, 5.74) is 2.13. The van der Waals surface area contributed by atoms with E-state index in [4.69, 9.17) is 26.3 Å².